The number of nitro groups is 1. The van der Waals surface area contributed by atoms with Crippen LogP contribution < -0.4 is 15.8 Å². The Morgan fingerprint density at radius 3 is 2.53 bits per heavy atom. The Bertz CT molecular complexity index is 1090. The molecule has 162 valence electrons. The van der Waals surface area contributed by atoms with Crippen molar-refractivity contribution in [1.82, 2.24) is 9.55 Å². The maximum Gasteiger partial charge on any atom is 0.378 e. The van der Waals surface area contributed by atoms with Gasteiger partial charge in [0.25, 0.3) is 11.2 Å². The number of aromatic nitrogens is 2. The fourth-order valence-corrected chi connectivity index (χ4v) is 4.35. The molecule has 0 amide bonds. The molecule has 2 aromatic rings. The lowest BCUT2D eigenvalue weighted by atomic mass is 10.1. The minimum atomic E-state index is -4.06. The molecule has 1 aliphatic heterocycles. The smallest absolute Gasteiger partial charge is 0.378 e. The van der Waals surface area contributed by atoms with E-state index in [0.717, 1.165) is 29.0 Å². The van der Waals surface area contributed by atoms with E-state index >= 15 is 0 Å². The van der Waals surface area contributed by atoms with Crippen LogP contribution in [0.1, 0.15) is 6.23 Å². The zero-order chi connectivity index (χ0) is 22.1. The summed E-state index contributed by atoms with van der Waals surface area (Å²) < 4.78 is 16.8. The molecule has 1 aliphatic rings. The fourth-order valence-electron chi connectivity index (χ4n) is 2.79. The van der Waals surface area contributed by atoms with E-state index in [9.17, 15) is 34.8 Å². The topological polar surface area (TPSA) is 186 Å². The molecule has 13 nitrogen and oxygen atoms in total. The van der Waals surface area contributed by atoms with E-state index in [0.29, 0.717) is 0 Å². The molecule has 1 aromatic heterocycles. The largest absolute Gasteiger partial charge is 0.424 e. The van der Waals surface area contributed by atoms with Crippen molar-refractivity contribution in [1.29, 1.82) is 0 Å². The molecule has 0 saturated carbocycles. The lowest BCUT2D eigenvalue weighted by Crippen LogP contribution is -2.38. The van der Waals surface area contributed by atoms with Gasteiger partial charge in [0.2, 0.25) is 0 Å². The van der Waals surface area contributed by atoms with E-state index in [4.69, 9.17) is 25.6 Å². The van der Waals surface area contributed by atoms with Crippen LogP contribution in [0.4, 0.5) is 5.69 Å². The van der Waals surface area contributed by atoms with Gasteiger partial charge in [0.05, 0.1) is 11.5 Å². The van der Waals surface area contributed by atoms with Crippen molar-refractivity contribution in [2.45, 2.75) is 24.5 Å². The van der Waals surface area contributed by atoms with Crippen molar-refractivity contribution in [3.8, 4) is 5.75 Å². The van der Waals surface area contributed by atoms with Gasteiger partial charge < -0.3 is 24.4 Å². The molecule has 2 heterocycles. The van der Waals surface area contributed by atoms with Crippen molar-refractivity contribution in [3.63, 3.8) is 0 Å². The van der Waals surface area contributed by atoms with Crippen LogP contribution in [0.15, 0.2) is 46.1 Å². The van der Waals surface area contributed by atoms with Crippen molar-refractivity contribution in [2.75, 3.05) is 6.61 Å². The number of aliphatic hydroxyl groups excluding tert-OH is 2. The number of benzene rings is 1. The van der Waals surface area contributed by atoms with Crippen LogP contribution in [0.2, 0.25) is 0 Å². The Morgan fingerprint density at radius 1 is 1.30 bits per heavy atom. The molecule has 0 aliphatic carbocycles. The second kappa shape index (κ2) is 8.73. The van der Waals surface area contributed by atoms with Crippen LogP contribution in [0.3, 0.4) is 0 Å². The first-order valence-corrected chi connectivity index (χ1v) is 10.9. The fraction of sp³-hybridized carbons (Fsp3) is 0.333. The number of nitrogens with one attached hydrogen (secondary N) is 1. The number of hydrogen-bond donors (Lipinski definition) is 4. The van der Waals surface area contributed by atoms with Gasteiger partial charge >= 0.3 is 12.4 Å². The summed E-state index contributed by atoms with van der Waals surface area (Å²) in [6, 6.07) is 5.70. The Balaban J connectivity index is 1.78. The second-order valence-electron chi connectivity index (χ2n) is 6.14. The molecular weight excluding hydrogens is 445 g/mol. The summed E-state index contributed by atoms with van der Waals surface area (Å²) in [6.07, 6.45) is -4.38. The van der Waals surface area contributed by atoms with Gasteiger partial charge in [-0.25, -0.2) is 4.79 Å². The average Bonchev–Trinajstić information content (AvgIpc) is 2.97. The summed E-state index contributed by atoms with van der Waals surface area (Å²) in [5.41, 5.74) is -1.73. The van der Waals surface area contributed by atoms with Gasteiger partial charge in [0.1, 0.15) is 24.1 Å². The minimum Gasteiger partial charge on any atom is -0.424 e. The highest BCUT2D eigenvalue weighted by Crippen LogP contribution is 2.48. The third-order valence-corrected chi connectivity index (χ3v) is 5.57. The number of non-ortho nitro benzene ring substituents is 1. The molecule has 1 fully saturated rings. The van der Waals surface area contributed by atoms with Crippen molar-refractivity contribution in [3.05, 3.63) is 67.5 Å². The number of H-pyrrole nitrogens is 1. The Hall–Kier alpha value is -2.45. The van der Waals surface area contributed by atoms with Crippen molar-refractivity contribution in [2.24, 2.45) is 0 Å². The lowest BCUT2D eigenvalue weighted by molar-refractivity contribution is -0.384. The SMILES string of the molecule is O=c1ccn([C@@H]2O[C@H](CO)[C@@H](OP(O)(=S)Oc3ccc([N+](=O)[O-])cc3)[C@H]2O)c(=O)[nH]1. The number of nitrogens with zero attached hydrogens (tertiary/aromatic N) is 2. The van der Waals surface area contributed by atoms with Crippen LogP contribution in [-0.4, -0.2) is 54.5 Å². The van der Waals surface area contributed by atoms with E-state index in [1.165, 1.54) is 12.1 Å². The Kier molecular flexibility index (Phi) is 6.47. The van der Waals surface area contributed by atoms with Gasteiger partial charge in [-0.2, -0.15) is 0 Å². The van der Waals surface area contributed by atoms with Crippen molar-refractivity contribution < 1.29 is 33.8 Å². The van der Waals surface area contributed by atoms with E-state index in [2.05, 4.69) is 0 Å². The molecule has 0 bridgehead atoms. The summed E-state index contributed by atoms with van der Waals surface area (Å²) in [4.78, 5) is 45.6. The highest BCUT2D eigenvalue weighted by Gasteiger charge is 2.48. The zero-order valence-corrected chi connectivity index (χ0v) is 16.6. The number of hydrogen-bond acceptors (Lipinski definition) is 10. The summed E-state index contributed by atoms with van der Waals surface area (Å²) in [7, 11) is 0. The Labute approximate surface area is 172 Å². The van der Waals surface area contributed by atoms with E-state index in [1.807, 2.05) is 4.98 Å². The van der Waals surface area contributed by atoms with Crippen LogP contribution in [0, 0.1) is 10.1 Å². The quantitative estimate of drug-likeness (QED) is 0.234. The highest BCUT2D eigenvalue weighted by molar-refractivity contribution is 8.07. The van der Waals surface area contributed by atoms with Crippen LogP contribution >= 0.6 is 6.72 Å². The summed E-state index contributed by atoms with van der Waals surface area (Å²) in [5.74, 6) is -0.0196. The maximum absolute atomic E-state index is 12.0. The second-order valence-corrected chi connectivity index (χ2v) is 8.85. The van der Waals surface area contributed by atoms with E-state index in [1.54, 1.807) is 0 Å². The molecule has 1 aromatic carbocycles. The van der Waals surface area contributed by atoms with Gasteiger partial charge in [-0.3, -0.25) is 29.0 Å². The molecule has 0 spiro atoms. The minimum absolute atomic E-state index is 0.0196. The molecule has 1 unspecified atom stereocenters. The number of rotatable bonds is 7. The molecule has 4 N–H and O–H groups in total. The first-order chi connectivity index (χ1) is 14.1. The molecule has 3 rings (SSSR count). The Morgan fingerprint density at radius 2 is 1.97 bits per heavy atom. The molecule has 30 heavy (non-hydrogen) atoms. The maximum atomic E-state index is 12.0. The number of aliphatic hydroxyl groups is 2. The normalized spacial score (nSPS) is 25.6. The third-order valence-electron chi connectivity index (χ3n) is 4.14. The van der Waals surface area contributed by atoms with E-state index in [-0.39, 0.29) is 11.4 Å². The zero-order valence-electron chi connectivity index (χ0n) is 14.9. The van der Waals surface area contributed by atoms with Crippen LogP contribution in [-0.2, 0) is 21.1 Å². The average molecular weight is 461 g/mol. The standard InChI is InChI=1S/C15H16N3O10PS/c19-7-10-13(12(21)14(26-10)17-6-5-11(20)16-15(17)22)28-29(25,30)27-9-3-1-8(2-4-9)18(23)24/h1-6,10,12-14,19,21H,7H2,(H,25,30)(H,16,20,22)/t10-,12-,13-,14-,29?/m1/s1. The molecule has 15 heteroatoms. The lowest BCUT2D eigenvalue weighted by Gasteiger charge is -2.24. The predicted molar refractivity (Wildman–Crippen MR) is 103 cm³/mol. The first kappa shape index (κ1) is 22.2. The summed E-state index contributed by atoms with van der Waals surface area (Å²) in [6.45, 7) is -4.71. The molecule has 0 radical (unpaired) electrons. The number of nitro benzene ring substituents is 1. The molecule has 5 atom stereocenters. The molecule has 1 saturated heterocycles. The number of ether oxygens (including phenoxy) is 1. The highest BCUT2D eigenvalue weighted by atomic mass is 32.5. The first-order valence-electron chi connectivity index (χ1n) is 8.32. The summed E-state index contributed by atoms with van der Waals surface area (Å²) >= 11 is 4.92. The third kappa shape index (κ3) is 4.82. The summed E-state index contributed by atoms with van der Waals surface area (Å²) in [5, 5.41) is 30.8. The number of aromatic amines is 1. The van der Waals surface area contributed by atoms with Gasteiger partial charge in [0.15, 0.2) is 6.23 Å². The van der Waals surface area contributed by atoms with E-state index < -0.39 is 54.0 Å². The van der Waals surface area contributed by atoms with Crippen LogP contribution in [0.5, 0.6) is 5.75 Å². The van der Waals surface area contributed by atoms with Crippen molar-refractivity contribution >= 4 is 24.2 Å². The van der Waals surface area contributed by atoms with Gasteiger partial charge in [-0.15, -0.1) is 0 Å². The predicted octanol–water partition coefficient (Wildman–Crippen LogP) is -0.624. The molecular formula is C15H16N3O10PS. The monoisotopic (exact) mass is 461 g/mol. The van der Waals surface area contributed by atoms with Crippen LogP contribution in [0.25, 0.3) is 0 Å². The van der Waals surface area contributed by atoms with Gasteiger partial charge in [0, 0.05) is 36.2 Å². The van der Waals surface area contributed by atoms with Gasteiger partial charge in [-0.1, -0.05) is 0 Å². The van der Waals surface area contributed by atoms with Gasteiger partial charge in [-0.05, 0) is 12.1 Å².